The van der Waals surface area contributed by atoms with Crippen molar-refractivity contribution in [1.29, 1.82) is 0 Å². The van der Waals surface area contributed by atoms with Crippen molar-refractivity contribution < 1.29 is 12.8 Å². The van der Waals surface area contributed by atoms with Crippen LogP contribution in [0.15, 0.2) is 80.0 Å². The summed E-state index contributed by atoms with van der Waals surface area (Å²) >= 11 is 0. The minimum Gasteiger partial charge on any atom is -0.449 e. The number of aromatic nitrogens is 5. The molecule has 0 saturated carbocycles. The van der Waals surface area contributed by atoms with Gasteiger partial charge in [-0.05, 0) is 36.6 Å². The van der Waals surface area contributed by atoms with E-state index < -0.39 is 21.1 Å². The summed E-state index contributed by atoms with van der Waals surface area (Å²) in [4.78, 5) is 35.8. The van der Waals surface area contributed by atoms with Crippen LogP contribution in [-0.4, -0.2) is 38.3 Å². The number of rotatable bonds is 8. The molecule has 0 atom stereocenters. The Morgan fingerprint density at radius 1 is 1.00 bits per heavy atom. The van der Waals surface area contributed by atoms with Gasteiger partial charge in [-0.15, -0.1) is 0 Å². The third kappa shape index (κ3) is 4.90. The lowest BCUT2D eigenvalue weighted by molar-refractivity contribution is 0.521. The van der Waals surface area contributed by atoms with E-state index >= 15 is 0 Å². The second-order valence-electron chi connectivity index (χ2n) is 8.71. The first-order valence-electron chi connectivity index (χ1n) is 11.8. The number of fused-ring (bicyclic) bond motifs is 1. The van der Waals surface area contributed by atoms with Crippen LogP contribution in [0, 0.1) is 6.92 Å². The van der Waals surface area contributed by atoms with Gasteiger partial charge in [-0.2, -0.15) is 0 Å². The number of hydrogen-bond donors (Lipinski definition) is 1. The van der Waals surface area contributed by atoms with E-state index in [2.05, 4.69) is 15.0 Å². The maximum atomic E-state index is 12.9. The molecule has 5 rings (SSSR count). The first kappa shape index (κ1) is 24.4. The van der Waals surface area contributed by atoms with Gasteiger partial charge in [0.15, 0.2) is 26.9 Å². The van der Waals surface area contributed by atoms with E-state index in [-0.39, 0.29) is 17.2 Å². The highest BCUT2D eigenvalue weighted by Gasteiger charge is 2.16. The van der Waals surface area contributed by atoms with Gasteiger partial charge in [0.1, 0.15) is 12.0 Å². The summed E-state index contributed by atoms with van der Waals surface area (Å²) in [7, 11) is -3.48. The van der Waals surface area contributed by atoms with Gasteiger partial charge in [-0.3, -0.25) is 14.3 Å². The van der Waals surface area contributed by atoms with Crippen LogP contribution in [0.3, 0.4) is 0 Å². The SMILES string of the molecule is CCn1cnc2c1c(=O)[nH]c(=O)n2Cc1ccc(CCS(=O)(=O)c2ccc(-c3coc(C)n3)cc2)cc1. The summed E-state index contributed by atoms with van der Waals surface area (Å²) < 4.78 is 34.1. The van der Waals surface area contributed by atoms with Crippen LogP contribution < -0.4 is 11.2 Å². The van der Waals surface area contributed by atoms with E-state index in [1.165, 1.54) is 10.8 Å². The van der Waals surface area contributed by atoms with Crippen LogP contribution in [0.25, 0.3) is 22.4 Å². The van der Waals surface area contributed by atoms with Crippen molar-refractivity contribution in [3.63, 3.8) is 0 Å². The largest absolute Gasteiger partial charge is 0.449 e. The molecule has 0 unspecified atom stereocenters. The minimum absolute atomic E-state index is 0.0385. The van der Waals surface area contributed by atoms with E-state index in [0.717, 1.165) is 16.7 Å². The Kier molecular flexibility index (Phi) is 6.38. The normalized spacial score (nSPS) is 11.8. The summed E-state index contributed by atoms with van der Waals surface area (Å²) in [5.74, 6) is 0.507. The molecule has 0 bridgehead atoms. The fraction of sp³-hybridized carbons (Fsp3) is 0.231. The molecular weight excluding hydrogens is 494 g/mol. The Labute approximate surface area is 212 Å². The lowest BCUT2D eigenvalue weighted by atomic mass is 10.1. The number of oxazole rings is 1. The molecule has 5 aromatic rings. The number of H-pyrrole nitrogens is 1. The minimum atomic E-state index is -3.48. The molecule has 0 amide bonds. The van der Waals surface area contributed by atoms with Gasteiger partial charge in [-0.25, -0.2) is 23.2 Å². The van der Waals surface area contributed by atoms with E-state index in [1.807, 2.05) is 31.2 Å². The molecule has 0 aliphatic carbocycles. The first-order chi connectivity index (χ1) is 17.7. The molecule has 0 aliphatic rings. The second kappa shape index (κ2) is 9.66. The smallest absolute Gasteiger partial charge is 0.330 e. The fourth-order valence-electron chi connectivity index (χ4n) is 4.20. The van der Waals surface area contributed by atoms with Gasteiger partial charge >= 0.3 is 5.69 Å². The third-order valence-corrected chi connectivity index (χ3v) is 7.98. The highest BCUT2D eigenvalue weighted by Crippen LogP contribution is 2.22. The van der Waals surface area contributed by atoms with Gasteiger partial charge in [0.2, 0.25) is 0 Å². The summed E-state index contributed by atoms with van der Waals surface area (Å²) in [5, 5.41) is 0. The Balaban J connectivity index is 1.28. The van der Waals surface area contributed by atoms with Crippen LogP contribution in [0.5, 0.6) is 0 Å². The predicted octanol–water partition coefficient (Wildman–Crippen LogP) is 2.93. The van der Waals surface area contributed by atoms with Crippen molar-refractivity contribution in [1.82, 2.24) is 24.1 Å². The topological polar surface area (TPSA) is 133 Å². The number of hydrogen-bond acceptors (Lipinski definition) is 7. The molecule has 10 nitrogen and oxygen atoms in total. The monoisotopic (exact) mass is 519 g/mol. The van der Waals surface area contributed by atoms with Crippen LogP contribution >= 0.6 is 0 Å². The zero-order valence-corrected chi connectivity index (χ0v) is 21.2. The van der Waals surface area contributed by atoms with Crippen molar-refractivity contribution in [2.75, 3.05) is 5.75 Å². The lowest BCUT2D eigenvalue weighted by Crippen LogP contribution is -2.31. The molecule has 2 aromatic carbocycles. The zero-order chi connectivity index (χ0) is 26.2. The summed E-state index contributed by atoms with van der Waals surface area (Å²) in [6, 6.07) is 14.0. The van der Waals surface area contributed by atoms with Crippen molar-refractivity contribution in [2.45, 2.75) is 38.3 Å². The number of nitrogens with one attached hydrogen (secondary N) is 1. The number of benzene rings is 2. The second-order valence-corrected chi connectivity index (χ2v) is 10.8. The standard InChI is InChI=1S/C26H25N5O5S/c1-3-30-16-27-24-23(30)25(32)29-26(33)31(24)14-19-6-4-18(5-7-19)12-13-37(34,35)21-10-8-20(9-11-21)22-15-36-17(2)28-22/h4-11,15-16H,3,12-14H2,1-2H3,(H,29,32,33). The van der Waals surface area contributed by atoms with Crippen LogP contribution in [0.1, 0.15) is 23.9 Å². The fourth-order valence-corrected chi connectivity index (χ4v) is 5.49. The Bertz CT molecular complexity index is 1790. The quantitative estimate of drug-likeness (QED) is 0.333. The zero-order valence-electron chi connectivity index (χ0n) is 20.3. The molecule has 0 saturated heterocycles. The van der Waals surface area contributed by atoms with Gasteiger partial charge < -0.3 is 8.98 Å². The summed E-state index contributed by atoms with van der Waals surface area (Å²) in [6.07, 6.45) is 3.43. The molecule has 37 heavy (non-hydrogen) atoms. The number of aryl methyl sites for hydroxylation is 3. The lowest BCUT2D eigenvalue weighted by Gasteiger charge is -2.09. The average molecular weight is 520 g/mol. The Morgan fingerprint density at radius 3 is 2.35 bits per heavy atom. The molecule has 0 spiro atoms. The molecule has 0 aliphatic heterocycles. The van der Waals surface area contributed by atoms with Crippen molar-refractivity contribution in [3.8, 4) is 11.3 Å². The third-order valence-electron chi connectivity index (χ3n) is 6.25. The number of aromatic amines is 1. The molecule has 190 valence electrons. The van der Waals surface area contributed by atoms with Gasteiger partial charge in [0.05, 0.1) is 23.5 Å². The first-order valence-corrected chi connectivity index (χ1v) is 13.4. The van der Waals surface area contributed by atoms with Gasteiger partial charge in [0, 0.05) is 19.0 Å². The van der Waals surface area contributed by atoms with E-state index in [9.17, 15) is 18.0 Å². The van der Waals surface area contributed by atoms with E-state index in [0.29, 0.717) is 35.7 Å². The van der Waals surface area contributed by atoms with Gasteiger partial charge in [-0.1, -0.05) is 36.4 Å². The molecular formula is C26H25N5O5S. The van der Waals surface area contributed by atoms with Crippen LogP contribution in [-0.2, 0) is 29.3 Å². The van der Waals surface area contributed by atoms with Crippen molar-refractivity contribution >= 4 is 21.0 Å². The summed E-state index contributed by atoms with van der Waals surface area (Å²) in [5.41, 5.74) is 2.82. The van der Waals surface area contributed by atoms with E-state index in [4.69, 9.17) is 4.42 Å². The van der Waals surface area contributed by atoms with Crippen molar-refractivity contribution in [3.05, 3.63) is 99.0 Å². The Hall–Kier alpha value is -4.25. The van der Waals surface area contributed by atoms with Crippen molar-refractivity contribution in [2.24, 2.45) is 0 Å². The molecule has 1 N–H and O–H groups in total. The van der Waals surface area contributed by atoms with E-state index in [1.54, 1.807) is 42.1 Å². The highest BCUT2D eigenvalue weighted by atomic mass is 32.2. The maximum absolute atomic E-state index is 12.9. The molecule has 3 heterocycles. The van der Waals surface area contributed by atoms with Crippen LogP contribution in [0.4, 0.5) is 0 Å². The summed E-state index contributed by atoms with van der Waals surface area (Å²) in [6.45, 7) is 4.42. The molecule has 0 fully saturated rings. The molecule has 3 aromatic heterocycles. The molecule has 0 radical (unpaired) electrons. The Morgan fingerprint density at radius 2 is 1.70 bits per heavy atom. The molecule has 11 heteroatoms. The van der Waals surface area contributed by atoms with Gasteiger partial charge in [0.25, 0.3) is 5.56 Å². The highest BCUT2D eigenvalue weighted by molar-refractivity contribution is 7.91. The number of sulfone groups is 1. The maximum Gasteiger partial charge on any atom is 0.330 e. The van der Waals surface area contributed by atoms with Crippen LogP contribution in [0.2, 0.25) is 0 Å². The average Bonchev–Trinajstić information content (AvgIpc) is 3.53. The number of nitrogens with zero attached hydrogens (tertiary/aromatic N) is 4. The predicted molar refractivity (Wildman–Crippen MR) is 138 cm³/mol. The number of imidazole rings is 1.